The highest BCUT2D eigenvalue weighted by Gasteiger charge is 2.44. The van der Waals surface area contributed by atoms with Gasteiger partial charge >= 0.3 is 12.1 Å². The van der Waals surface area contributed by atoms with Gasteiger partial charge in [-0.25, -0.2) is 0 Å². The molecule has 0 radical (unpaired) electrons. The van der Waals surface area contributed by atoms with Gasteiger partial charge in [-0.05, 0) is 71.9 Å². The van der Waals surface area contributed by atoms with Crippen molar-refractivity contribution in [3.63, 3.8) is 0 Å². The Morgan fingerprint density at radius 1 is 0.301 bits per heavy atom. The monoisotopic (exact) mass is 1530 g/mol. The van der Waals surface area contributed by atoms with Crippen molar-refractivity contribution in [3.05, 3.63) is 416 Å². The quantitative estimate of drug-likeness (QED) is 0.0204. The molecule has 0 spiro atoms. The molecule has 0 aliphatic rings. The van der Waals surface area contributed by atoms with Crippen LogP contribution in [0.5, 0.6) is 0 Å². The lowest BCUT2D eigenvalue weighted by Gasteiger charge is -2.31. The zero-order valence-corrected chi connectivity index (χ0v) is 64.4. The fraction of sp³-hybridized carbons (Fsp3) is 0.319. The minimum Gasteiger partial charge on any atom is -0.498 e. The number of benzene rings is 10. The molecule has 590 valence electrons. The number of hydrogen-bond donors (Lipinski definition) is 2. The summed E-state index contributed by atoms with van der Waals surface area (Å²) in [4.78, 5) is 33.2. The molecule has 19 heteroatoms. The number of ether oxygens (including phenoxy) is 4. The lowest BCUT2D eigenvalue weighted by molar-refractivity contribution is -0.501. The van der Waals surface area contributed by atoms with Gasteiger partial charge in [0.05, 0.1) is 10.5 Å². The van der Waals surface area contributed by atoms with Gasteiger partial charge in [0.25, 0.3) is 11.2 Å². The van der Waals surface area contributed by atoms with E-state index in [0.29, 0.717) is 45.2 Å². The zero-order chi connectivity index (χ0) is 80.2. The molecule has 10 aromatic carbocycles. The summed E-state index contributed by atoms with van der Waals surface area (Å²) in [6.45, 7) is 1.67. The smallest absolute Gasteiger partial charge is 0.344 e. The molecule has 0 saturated heterocycles. The molecular weight excluding hydrogens is 1420 g/mol. The van der Waals surface area contributed by atoms with Crippen LogP contribution in [0.3, 0.4) is 0 Å². The van der Waals surface area contributed by atoms with E-state index >= 15 is 0 Å². The van der Waals surface area contributed by atoms with E-state index in [1.165, 1.54) is 12.8 Å². The molecule has 2 N–H and O–H groups in total. The third kappa shape index (κ3) is 28.9. The maximum absolute atomic E-state index is 11.8. The number of hydrogen-bond acceptors (Lipinski definition) is 14. The molecule has 0 saturated carbocycles. The van der Waals surface area contributed by atoms with E-state index in [0.717, 1.165) is 165 Å². The standard InChI is InChI=1S/C36H40N2O6.C36H36N2O4.C14H11NO2.C8H18O2/c39-37(40)29-35(31-19-9-5-10-20-31,32-21-11-6-12-22-32)43-27-17-3-1-2-4-18-28-44-36(30-38(41)42,33-23-13-7-14-24-33)34-25-15-8-16-26-34;39-37-29-35(31-19-9-5-10-20-31,32-21-11-6-12-22-32)41-27-17-3-1-2-4-18-28-42-36(30-38-40,33-23-13-7-14-24-33)34-25-15-8-16-26-34;16-15(17)11-14(12-7-3-1-4-8-12)13-9-5-2-6-10-13;9-7-5-3-1-2-4-6-8-10/h5-16,19-26H,1-4,17-18,27-30H2;5-16,19-26H,1-4,17-18,27-28H2;1-11H;9-10H,1-8H2. The number of rotatable bonds is 44. The summed E-state index contributed by atoms with van der Waals surface area (Å²) in [6.07, 6.45) is 18.7. The number of unbranched alkanes of at least 4 members (excludes halogenated alkanes) is 15. The van der Waals surface area contributed by atoms with Crippen molar-refractivity contribution >= 4 is 5.57 Å². The van der Waals surface area contributed by atoms with Crippen molar-refractivity contribution in [2.75, 3.05) is 52.7 Å². The van der Waals surface area contributed by atoms with Crippen LogP contribution >= 0.6 is 0 Å². The van der Waals surface area contributed by atoms with Gasteiger partial charge < -0.3 is 39.6 Å². The third-order valence-electron chi connectivity index (χ3n) is 19.2. The Bertz CT molecular complexity index is 3970. The molecule has 113 heavy (non-hydrogen) atoms. The van der Waals surface area contributed by atoms with Crippen molar-refractivity contribution < 1.29 is 43.9 Å². The average molecular weight is 1530 g/mol. The normalized spacial score (nSPS) is 11.1. The highest BCUT2D eigenvalue weighted by Crippen LogP contribution is 2.39. The molecule has 0 aromatic heterocycles. The van der Waals surface area contributed by atoms with Crippen molar-refractivity contribution in [3.8, 4) is 12.1 Å². The van der Waals surface area contributed by atoms with Crippen LogP contribution in [0, 0.1) is 52.9 Å². The van der Waals surface area contributed by atoms with Gasteiger partial charge in [0.2, 0.25) is 19.3 Å². The Kier molecular flexibility index (Phi) is 40.1. The highest BCUT2D eigenvalue weighted by molar-refractivity contribution is 5.78. The molecule has 0 unspecified atom stereocenters. The van der Waals surface area contributed by atoms with Crippen LogP contribution in [0.25, 0.3) is 15.6 Å². The molecule has 0 aliphatic carbocycles. The zero-order valence-electron chi connectivity index (χ0n) is 64.4. The fourth-order valence-electron chi connectivity index (χ4n) is 13.5. The summed E-state index contributed by atoms with van der Waals surface area (Å²) in [5, 5.41) is 80.0. The van der Waals surface area contributed by atoms with Crippen LogP contribution in [0.4, 0.5) is 0 Å². The topological polar surface area (TPSA) is 262 Å². The Morgan fingerprint density at radius 2 is 0.504 bits per heavy atom. The summed E-state index contributed by atoms with van der Waals surface area (Å²) in [5.74, 6) is 0. The first-order valence-corrected chi connectivity index (χ1v) is 39.0. The molecule has 0 bridgehead atoms. The summed E-state index contributed by atoms with van der Waals surface area (Å²) in [5.41, 5.74) is 4.04. The van der Waals surface area contributed by atoms with Gasteiger partial charge in [0, 0.05) is 81.8 Å². The van der Waals surface area contributed by atoms with Crippen LogP contribution in [0.2, 0.25) is 0 Å². The van der Waals surface area contributed by atoms with Gasteiger partial charge in [-0.3, -0.25) is 30.3 Å². The van der Waals surface area contributed by atoms with E-state index in [-0.39, 0.29) is 22.9 Å². The Morgan fingerprint density at radius 3 is 0.717 bits per heavy atom. The van der Waals surface area contributed by atoms with Crippen LogP contribution in [0.1, 0.15) is 171 Å². The minimum absolute atomic E-state index is 0.308. The number of aliphatic hydroxyl groups is 2. The molecule has 0 fully saturated rings. The molecule has 0 heterocycles. The SMILES string of the molecule is O=[N+]([O-])C=C(c1ccccc1)c1ccccc1.O=[N+]([O-])CC(OCCCCCCCCOC(C[N+](=O)[O-])(c1ccccc1)c1ccccc1)(c1ccccc1)c1ccccc1.OCCCCCCCCO.[O-][N+]#CC(OCCCCCCCCOC(C#[N+][O-])(c1ccccc1)c1ccccc1)(c1ccccc1)c1ccccc1. The third-order valence-corrected chi connectivity index (χ3v) is 19.2. The van der Waals surface area contributed by atoms with Gasteiger partial charge in [0.1, 0.15) is 0 Å². The number of nitro groups is 3. The first kappa shape index (κ1) is 88.7. The minimum atomic E-state index is -1.16. The van der Waals surface area contributed by atoms with E-state index < -0.39 is 27.3 Å². The van der Waals surface area contributed by atoms with Crippen LogP contribution in [-0.2, 0) is 41.4 Å². The fourth-order valence-corrected chi connectivity index (χ4v) is 13.5. The predicted octanol–water partition coefficient (Wildman–Crippen LogP) is 21.4. The number of aliphatic hydroxyl groups excluding tert-OH is 2. The highest BCUT2D eigenvalue weighted by atomic mass is 16.6. The summed E-state index contributed by atoms with van der Waals surface area (Å²) in [7, 11) is 0. The summed E-state index contributed by atoms with van der Waals surface area (Å²) >= 11 is 0. The van der Waals surface area contributed by atoms with Gasteiger partial charge in [-0.15, -0.1) is 0 Å². The summed E-state index contributed by atoms with van der Waals surface area (Å²) in [6, 6.07) is 100. The number of nitrogens with zero attached hydrogens (tertiary/aromatic N) is 5. The molecule has 19 nitrogen and oxygen atoms in total. The molecule has 0 aliphatic heterocycles. The van der Waals surface area contributed by atoms with Crippen molar-refractivity contribution in [1.82, 2.24) is 0 Å². The molecule has 10 rings (SSSR count). The van der Waals surface area contributed by atoms with Gasteiger partial charge in [-0.2, -0.15) is 0 Å². The first-order chi connectivity index (χ1) is 55.4. The average Bonchev–Trinajstić information content (AvgIpc) is 0.790. The predicted molar refractivity (Wildman–Crippen MR) is 448 cm³/mol. The van der Waals surface area contributed by atoms with Crippen molar-refractivity contribution in [1.29, 1.82) is 0 Å². The Balaban J connectivity index is 0.000000236. The van der Waals surface area contributed by atoms with E-state index in [2.05, 4.69) is 22.2 Å². The Labute approximate surface area is 664 Å². The van der Waals surface area contributed by atoms with Gasteiger partial charge in [-0.1, -0.05) is 380 Å². The van der Waals surface area contributed by atoms with E-state index in [4.69, 9.17) is 29.2 Å². The van der Waals surface area contributed by atoms with Crippen molar-refractivity contribution in [2.24, 2.45) is 0 Å². The lowest BCUT2D eigenvalue weighted by Crippen LogP contribution is -2.39. The van der Waals surface area contributed by atoms with Crippen LogP contribution in [0.15, 0.2) is 310 Å². The lowest BCUT2D eigenvalue weighted by atomic mass is 9.86. The second kappa shape index (κ2) is 51.1. The Hall–Kier alpha value is -11.5. The molecule has 0 amide bonds. The largest absolute Gasteiger partial charge is 0.498 e. The van der Waals surface area contributed by atoms with E-state index in [1.807, 2.05) is 303 Å². The second-order valence-corrected chi connectivity index (χ2v) is 27.1. The van der Waals surface area contributed by atoms with Gasteiger partial charge in [0.15, 0.2) is 11.2 Å². The van der Waals surface area contributed by atoms with Crippen LogP contribution in [-0.4, -0.2) is 77.7 Å². The van der Waals surface area contributed by atoms with Crippen LogP contribution < -0.4 is 0 Å². The molecule has 10 aromatic rings. The molecule has 0 atom stereocenters. The maximum Gasteiger partial charge on any atom is 0.344 e. The first-order valence-electron chi connectivity index (χ1n) is 39.0. The maximum atomic E-state index is 11.8. The summed E-state index contributed by atoms with van der Waals surface area (Å²) < 4.78 is 25.5. The van der Waals surface area contributed by atoms with E-state index in [1.54, 1.807) is 0 Å². The second-order valence-electron chi connectivity index (χ2n) is 27.1. The van der Waals surface area contributed by atoms with Crippen molar-refractivity contribution in [2.45, 2.75) is 138 Å². The van der Waals surface area contributed by atoms with E-state index in [9.17, 15) is 40.8 Å². The molecular formula is C94H105N5O14.